The minimum absolute atomic E-state index is 0.273. The topological polar surface area (TPSA) is 46.2 Å². The monoisotopic (exact) mass is 347 g/mol. The van der Waals surface area contributed by atoms with Gasteiger partial charge in [0.1, 0.15) is 5.75 Å². The lowest BCUT2D eigenvalue weighted by molar-refractivity contribution is 0.405. The lowest BCUT2D eigenvalue weighted by atomic mass is 9.85. The van der Waals surface area contributed by atoms with Gasteiger partial charge in [-0.25, -0.2) is 0 Å². The highest BCUT2D eigenvalue weighted by Crippen LogP contribution is 2.37. The minimum Gasteiger partial charge on any atom is -0.508 e. The maximum atomic E-state index is 9.90. The van der Waals surface area contributed by atoms with Crippen LogP contribution in [0.1, 0.15) is 45.6 Å². The number of anilines is 1. The number of phenolic OH excluding ortho intramolecular Hbond substituents is 1. The van der Waals surface area contributed by atoms with Gasteiger partial charge in [-0.15, -0.1) is 0 Å². The van der Waals surface area contributed by atoms with Gasteiger partial charge in [0.25, 0.3) is 0 Å². The van der Waals surface area contributed by atoms with Crippen molar-refractivity contribution in [2.45, 2.75) is 43.5 Å². The van der Waals surface area contributed by atoms with Gasteiger partial charge in [-0.2, -0.15) is 0 Å². The van der Waals surface area contributed by atoms with E-state index in [4.69, 9.17) is 5.73 Å². The largest absolute Gasteiger partial charge is 0.508 e. The van der Waals surface area contributed by atoms with Crippen molar-refractivity contribution in [1.29, 1.82) is 0 Å². The molecule has 2 nitrogen and oxygen atoms in total. The van der Waals surface area contributed by atoms with Gasteiger partial charge in [0.15, 0.2) is 0 Å². The van der Waals surface area contributed by atoms with E-state index >= 15 is 0 Å². The fraction of sp³-hybridized carbons (Fsp3) is 0.571. The van der Waals surface area contributed by atoms with E-state index < -0.39 is 0 Å². The molecule has 0 saturated heterocycles. The molecule has 3 N–H and O–H groups in total. The van der Waals surface area contributed by atoms with Crippen molar-refractivity contribution < 1.29 is 5.11 Å². The number of phenols is 1. The van der Waals surface area contributed by atoms with Crippen LogP contribution in [0.2, 0.25) is 0 Å². The van der Waals surface area contributed by atoms with Crippen LogP contribution in [0.5, 0.6) is 5.75 Å². The van der Waals surface area contributed by atoms with Crippen molar-refractivity contribution >= 4 is 28.3 Å². The highest BCUT2D eigenvalue weighted by Gasteiger charge is 2.25. The molecular formula is C14H22INO. The van der Waals surface area contributed by atoms with E-state index in [1.54, 1.807) is 6.07 Å². The second-order valence-electron chi connectivity index (χ2n) is 5.42. The number of nitrogen functional groups attached to an aromatic ring is 1. The SMILES string of the molecule is CC(CC(C)C(C)(C)I)c1ccc(N)cc1O. The van der Waals surface area contributed by atoms with Crippen LogP contribution in [0.4, 0.5) is 5.69 Å². The summed E-state index contributed by atoms with van der Waals surface area (Å²) in [6.07, 6.45) is 1.06. The van der Waals surface area contributed by atoms with Crippen molar-refractivity contribution in [1.82, 2.24) is 0 Å². The summed E-state index contributed by atoms with van der Waals surface area (Å²) in [4.78, 5) is 0. The summed E-state index contributed by atoms with van der Waals surface area (Å²) < 4.78 is 0.273. The number of rotatable bonds is 4. The Balaban J connectivity index is 2.80. The van der Waals surface area contributed by atoms with Gasteiger partial charge in [-0.3, -0.25) is 0 Å². The number of halogens is 1. The first-order valence-electron chi connectivity index (χ1n) is 5.99. The van der Waals surface area contributed by atoms with Crippen molar-refractivity contribution in [2.75, 3.05) is 5.73 Å². The molecular weight excluding hydrogens is 325 g/mol. The summed E-state index contributed by atoms with van der Waals surface area (Å²) >= 11 is 2.49. The standard InChI is InChI=1S/C14H22INO/c1-9(7-10(2)14(3,4)15)12-6-5-11(16)8-13(12)17/h5-6,8-10,17H,7,16H2,1-4H3. The van der Waals surface area contributed by atoms with Gasteiger partial charge in [-0.05, 0) is 29.9 Å². The highest BCUT2D eigenvalue weighted by molar-refractivity contribution is 14.1. The summed E-state index contributed by atoms with van der Waals surface area (Å²) in [5.74, 6) is 1.26. The summed E-state index contributed by atoms with van der Waals surface area (Å²) in [6, 6.07) is 5.42. The molecule has 0 aromatic heterocycles. The number of nitrogens with two attached hydrogens (primary N) is 1. The Labute approximate surface area is 118 Å². The first kappa shape index (κ1) is 14.6. The lowest BCUT2D eigenvalue weighted by Gasteiger charge is -2.28. The van der Waals surface area contributed by atoms with Crippen LogP contribution in [0, 0.1) is 5.92 Å². The molecule has 0 amide bonds. The molecule has 2 atom stereocenters. The van der Waals surface area contributed by atoms with Crippen molar-refractivity contribution in [3.63, 3.8) is 0 Å². The third-order valence-electron chi connectivity index (χ3n) is 3.46. The number of alkyl halides is 1. The average Bonchev–Trinajstić information content (AvgIpc) is 2.15. The van der Waals surface area contributed by atoms with Crippen LogP contribution in [0.3, 0.4) is 0 Å². The third kappa shape index (κ3) is 4.05. The molecule has 1 aromatic carbocycles. The smallest absolute Gasteiger partial charge is 0.121 e. The van der Waals surface area contributed by atoms with Crippen LogP contribution < -0.4 is 5.73 Å². The first-order valence-corrected chi connectivity index (χ1v) is 7.07. The molecule has 0 spiro atoms. The Kier molecular flexibility index (Phi) is 4.69. The van der Waals surface area contributed by atoms with Crippen molar-refractivity contribution in [3.05, 3.63) is 23.8 Å². The fourth-order valence-electron chi connectivity index (χ4n) is 1.91. The quantitative estimate of drug-likeness (QED) is 0.484. The van der Waals surface area contributed by atoms with Crippen LogP contribution in [-0.4, -0.2) is 8.53 Å². The molecule has 0 bridgehead atoms. The van der Waals surface area contributed by atoms with Gasteiger partial charge in [0, 0.05) is 15.2 Å². The molecule has 0 aliphatic carbocycles. The van der Waals surface area contributed by atoms with E-state index in [9.17, 15) is 5.11 Å². The maximum Gasteiger partial charge on any atom is 0.121 e. The Hall–Kier alpha value is -0.450. The first-order chi connectivity index (χ1) is 7.71. The van der Waals surface area contributed by atoms with Crippen LogP contribution in [0.15, 0.2) is 18.2 Å². The van der Waals surface area contributed by atoms with Crippen LogP contribution in [0.25, 0.3) is 0 Å². The Morgan fingerprint density at radius 2 is 1.94 bits per heavy atom. The molecule has 0 heterocycles. The molecule has 2 unspecified atom stereocenters. The summed E-state index contributed by atoms with van der Waals surface area (Å²) in [5.41, 5.74) is 7.24. The molecule has 0 saturated carbocycles. The minimum atomic E-state index is 0.273. The predicted molar refractivity (Wildman–Crippen MR) is 82.8 cm³/mol. The van der Waals surface area contributed by atoms with E-state index in [1.807, 2.05) is 12.1 Å². The average molecular weight is 347 g/mol. The number of aromatic hydroxyl groups is 1. The molecule has 96 valence electrons. The molecule has 1 rings (SSSR count). The molecule has 1 aromatic rings. The summed E-state index contributed by atoms with van der Waals surface area (Å²) in [7, 11) is 0. The zero-order valence-electron chi connectivity index (χ0n) is 11.0. The van der Waals surface area contributed by atoms with Gasteiger partial charge in [-0.1, -0.05) is 56.4 Å². The van der Waals surface area contributed by atoms with E-state index in [1.165, 1.54) is 0 Å². The molecule has 17 heavy (non-hydrogen) atoms. The normalized spacial score (nSPS) is 15.6. The van der Waals surface area contributed by atoms with Gasteiger partial charge in [0.05, 0.1) is 0 Å². The Morgan fingerprint density at radius 3 is 2.41 bits per heavy atom. The third-order valence-corrected chi connectivity index (χ3v) is 4.53. The zero-order valence-corrected chi connectivity index (χ0v) is 13.2. The molecule has 0 fully saturated rings. The van der Waals surface area contributed by atoms with Gasteiger partial charge in [0.2, 0.25) is 0 Å². The van der Waals surface area contributed by atoms with Crippen molar-refractivity contribution in [3.8, 4) is 5.75 Å². The number of hydrogen-bond donors (Lipinski definition) is 2. The van der Waals surface area contributed by atoms with E-state index in [2.05, 4.69) is 50.3 Å². The second kappa shape index (κ2) is 5.46. The predicted octanol–water partition coefficient (Wildman–Crippen LogP) is 4.32. The highest BCUT2D eigenvalue weighted by atomic mass is 127. The molecule has 0 aliphatic rings. The molecule has 3 heteroatoms. The van der Waals surface area contributed by atoms with Crippen LogP contribution >= 0.6 is 22.6 Å². The fourth-order valence-corrected chi connectivity index (χ4v) is 2.17. The Morgan fingerprint density at radius 1 is 1.35 bits per heavy atom. The maximum absolute atomic E-state index is 9.90. The van der Waals surface area contributed by atoms with Crippen LogP contribution in [-0.2, 0) is 0 Å². The summed E-state index contributed by atoms with van der Waals surface area (Å²) in [5, 5.41) is 9.90. The molecule has 0 radical (unpaired) electrons. The second-order valence-corrected chi connectivity index (χ2v) is 8.20. The van der Waals surface area contributed by atoms with Crippen molar-refractivity contribution in [2.24, 2.45) is 5.92 Å². The van der Waals surface area contributed by atoms with E-state index in [0.29, 0.717) is 23.3 Å². The molecule has 0 aliphatic heterocycles. The Bertz CT molecular complexity index is 384. The number of hydrogen-bond acceptors (Lipinski definition) is 2. The summed E-state index contributed by atoms with van der Waals surface area (Å²) in [6.45, 7) is 8.91. The van der Waals surface area contributed by atoms with E-state index in [0.717, 1.165) is 12.0 Å². The van der Waals surface area contributed by atoms with Gasteiger partial charge < -0.3 is 10.8 Å². The van der Waals surface area contributed by atoms with Gasteiger partial charge >= 0.3 is 0 Å². The lowest BCUT2D eigenvalue weighted by Crippen LogP contribution is -2.22. The zero-order chi connectivity index (χ0) is 13.2. The number of benzene rings is 1. The van der Waals surface area contributed by atoms with E-state index in [-0.39, 0.29) is 3.42 Å².